The topological polar surface area (TPSA) is 82.6 Å². The molecular formula is C15H20N3O4P. The molecule has 0 saturated heterocycles. The van der Waals surface area contributed by atoms with E-state index in [1.54, 1.807) is 30.5 Å². The highest BCUT2D eigenvalue weighted by Gasteiger charge is 2.10. The number of aromatic nitrogens is 2. The molecule has 1 amide bonds. The summed E-state index contributed by atoms with van der Waals surface area (Å²) in [5.41, 5.74) is 0.779. The highest BCUT2D eigenvalue weighted by Crippen LogP contribution is 2.30. The maximum atomic E-state index is 11.3. The van der Waals surface area contributed by atoms with E-state index in [0.29, 0.717) is 23.3 Å². The molecule has 0 fully saturated rings. The molecule has 0 aromatic carbocycles. The van der Waals surface area contributed by atoms with Gasteiger partial charge >= 0.3 is 6.09 Å². The predicted octanol–water partition coefficient (Wildman–Crippen LogP) is 3.95. The lowest BCUT2D eigenvalue weighted by Gasteiger charge is -2.11. The summed E-state index contributed by atoms with van der Waals surface area (Å²) in [7, 11) is 3.38. The van der Waals surface area contributed by atoms with Gasteiger partial charge in [-0.15, -0.1) is 0 Å². The Labute approximate surface area is 137 Å². The predicted molar refractivity (Wildman–Crippen MR) is 91.0 cm³/mol. The molecule has 0 spiro atoms. The Kier molecular flexibility index (Phi) is 7.77. The number of nitrogens with one attached hydrogen (secondary N) is 1. The average Bonchev–Trinajstić information content (AvgIpc) is 2.60. The highest BCUT2D eigenvalue weighted by atomic mass is 31.0. The molecule has 0 aliphatic rings. The first-order chi connectivity index (χ1) is 11.1. The van der Waals surface area contributed by atoms with Crippen molar-refractivity contribution in [2.75, 3.05) is 12.4 Å². The van der Waals surface area contributed by atoms with E-state index in [0.717, 1.165) is 5.56 Å². The average molecular weight is 337 g/mol. The summed E-state index contributed by atoms with van der Waals surface area (Å²) in [5, 5.41) is 2.51. The molecule has 1 N–H and O–H groups in total. The van der Waals surface area contributed by atoms with E-state index in [4.69, 9.17) is 9.26 Å². The van der Waals surface area contributed by atoms with Crippen LogP contribution in [0.5, 0.6) is 17.5 Å². The van der Waals surface area contributed by atoms with Gasteiger partial charge < -0.3 is 14.0 Å². The van der Waals surface area contributed by atoms with Gasteiger partial charge in [-0.1, -0.05) is 19.9 Å². The standard InChI is InChI=1S/C13H14N3O4P.C2H6/c1-8-5-6-10(15-11(8)16-13(17)18-2)19-9-4-3-7-14-12(9)20-21;1-2/h3-7H,21H2,1-2H3,(H,15,16,17);1-2H3. The van der Waals surface area contributed by atoms with Crippen molar-refractivity contribution >= 4 is 21.4 Å². The van der Waals surface area contributed by atoms with E-state index in [-0.39, 0.29) is 0 Å². The minimum absolute atomic E-state index is 0.295. The summed E-state index contributed by atoms with van der Waals surface area (Å²) >= 11 is 0. The number of hydrogen-bond donors (Lipinski definition) is 1. The van der Waals surface area contributed by atoms with Crippen LogP contribution in [0.2, 0.25) is 0 Å². The van der Waals surface area contributed by atoms with Gasteiger partial charge in [-0.05, 0) is 24.6 Å². The number of anilines is 1. The molecule has 0 saturated carbocycles. The van der Waals surface area contributed by atoms with Crippen LogP contribution in [-0.2, 0) is 4.74 Å². The van der Waals surface area contributed by atoms with E-state index in [9.17, 15) is 4.79 Å². The molecule has 7 nitrogen and oxygen atoms in total. The fraction of sp³-hybridized carbons (Fsp3) is 0.267. The number of methoxy groups -OCH3 is 1. The Morgan fingerprint density at radius 2 is 2.00 bits per heavy atom. The number of rotatable bonds is 4. The van der Waals surface area contributed by atoms with Crippen LogP contribution < -0.4 is 14.6 Å². The van der Waals surface area contributed by atoms with Crippen LogP contribution >= 0.6 is 9.47 Å². The van der Waals surface area contributed by atoms with Crippen LogP contribution in [-0.4, -0.2) is 23.2 Å². The van der Waals surface area contributed by atoms with Gasteiger partial charge in [0.05, 0.1) is 16.6 Å². The molecule has 0 aliphatic carbocycles. The Morgan fingerprint density at radius 1 is 1.26 bits per heavy atom. The van der Waals surface area contributed by atoms with Gasteiger partial charge in [0.25, 0.3) is 5.88 Å². The molecule has 0 bridgehead atoms. The zero-order chi connectivity index (χ0) is 17.2. The smallest absolute Gasteiger partial charge is 0.412 e. The van der Waals surface area contributed by atoms with Gasteiger partial charge in [0, 0.05) is 12.3 Å². The zero-order valence-electron chi connectivity index (χ0n) is 13.5. The molecule has 1 unspecified atom stereocenters. The summed E-state index contributed by atoms with van der Waals surface area (Å²) in [6.07, 6.45) is 0.983. The van der Waals surface area contributed by atoms with Crippen molar-refractivity contribution in [2.45, 2.75) is 20.8 Å². The lowest BCUT2D eigenvalue weighted by atomic mass is 10.3. The number of ether oxygens (including phenoxy) is 2. The van der Waals surface area contributed by atoms with Gasteiger partial charge in [0.15, 0.2) is 5.75 Å². The fourth-order valence-electron chi connectivity index (χ4n) is 1.50. The molecular weight excluding hydrogens is 317 g/mol. The SMILES string of the molecule is CC.COC(=O)Nc1nc(Oc2cccnc2OP)ccc1C. The lowest BCUT2D eigenvalue weighted by Crippen LogP contribution is -2.13. The molecule has 1 atom stereocenters. The molecule has 2 heterocycles. The molecule has 0 radical (unpaired) electrons. The van der Waals surface area contributed by atoms with E-state index in [1.807, 2.05) is 20.8 Å². The number of aryl methyl sites for hydroxylation is 1. The van der Waals surface area contributed by atoms with E-state index >= 15 is 0 Å². The molecule has 23 heavy (non-hydrogen) atoms. The van der Waals surface area contributed by atoms with Crippen LogP contribution in [0.3, 0.4) is 0 Å². The van der Waals surface area contributed by atoms with Crippen LogP contribution in [0, 0.1) is 6.92 Å². The molecule has 2 aromatic rings. The van der Waals surface area contributed by atoms with Crippen LogP contribution in [0.15, 0.2) is 30.5 Å². The van der Waals surface area contributed by atoms with Crippen molar-refractivity contribution in [1.82, 2.24) is 9.97 Å². The second-order valence-corrected chi connectivity index (χ2v) is 4.19. The summed E-state index contributed by atoms with van der Waals surface area (Å²) in [4.78, 5) is 19.5. The minimum atomic E-state index is -0.599. The maximum absolute atomic E-state index is 11.3. The van der Waals surface area contributed by atoms with E-state index in [2.05, 4.69) is 29.5 Å². The summed E-state index contributed by atoms with van der Waals surface area (Å²) in [6.45, 7) is 5.81. The molecule has 2 aromatic heterocycles. The van der Waals surface area contributed by atoms with Gasteiger partial charge in [0.2, 0.25) is 5.88 Å². The second kappa shape index (κ2) is 9.58. The van der Waals surface area contributed by atoms with Gasteiger partial charge in [0.1, 0.15) is 5.82 Å². The number of nitrogens with zero attached hydrogens (tertiary/aromatic N) is 2. The van der Waals surface area contributed by atoms with Gasteiger partial charge in [-0.2, -0.15) is 4.98 Å². The Balaban J connectivity index is 0.00000127. The molecule has 2 rings (SSSR count). The second-order valence-electron chi connectivity index (χ2n) is 3.96. The summed E-state index contributed by atoms with van der Waals surface area (Å²) in [5.74, 6) is 1.38. The maximum Gasteiger partial charge on any atom is 0.412 e. The largest absolute Gasteiger partial charge is 0.461 e. The van der Waals surface area contributed by atoms with Crippen molar-refractivity contribution in [3.63, 3.8) is 0 Å². The van der Waals surface area contributed by atoms with E-state index in [1.165, 1.54) is 7.11 Å². The summed E-state index contributed by atoms with van der Waals surface area (Å²) < 4.78 is 15.2. The van der Waals surface area contributed by atoms with Crippen molar-refractivity contribution in [3.05, 3.63) is 36.0 Å². The number of carbonyl (C=O) groups is 1. The Hall–Kier alpha value is -2.40. The van der Waals surface area contributed by atoms with Gasteiger partial charge in [-0.25, -0.2) is 9.78 Å². The molecule has 8 heteroatoms. The van der Waals surface area contributed by atoms with E-state index < -0.39 is 6.09 Å². The van der Waals surface area contributed by atoms with Crippen LogP contribution in [0.4, 0.5) is 10.6 Å². The third-order valence-electron chi connectivity index (χ3n) is 2.54. The van der Waals surface area contributed by atoms with Crippen molar-refractivity contribution in [3.8, 4) is 17.5 Å². The molecule has 0 aliphatic heterocycles. The first-order valence-corrected chi connectivity index (χ1v) is 7.43. The number of hydrogen-bond acceptors (Lipinski definition) is 6. The zero-order valence-corrected chi connectivity index (χ0v) is 14.6. The minimum Gasteiger partial charge on any atom is -0.461 e. The van der Waals surface area contributed by atoms with Crippen molar-refractivity contribution in [2.24, 2.45) is 0 Å². The van der Waals surface area contributed by atoms with Gasteiger partial charge in [-0.3, -0.25) is 5.32 Å². The first-order valence-electron chi connectivity index (χ1n) is 6.96. The fourth-order valence-corrected chi connectivity index (χ4v) is 1.67. The molecule has 124 valence electrons. The number of pyridine rings is 2. The number of carbonyl (C=O) groups excluding carboxylic acids is 1. The van der Waals surface area contributed by atoms with Crippen LogP contribution in [0.1, 0.15) is 19.4 Å². The van der Waals surface area contributed by atoms with Crippen LogP contribution in [0.25, 0.3) is 0 Å². The highest BCUT2D eigenvalue weighted by molar-refractivity contribution is 7.10. The van der Waals surface area contributed by atoms with Crippen molar-refractivity contribution in [1.29, 1.82) is 0 Å². The lowest BCUT2D eigenvalue weighted by molar-refractivity contribution is 0.187. The number of amides is 1. The quantitative estimate of drug-likeness (QED) is 0.851. The summed E-state index contributed by atoms with van der Waals surface area (Å²) in [6, 6.07) is 6.86. The Bertz CT molecular complexity index is 652. The normalized spacial score (nSPS) is 9.26. The first kappa shape index (κ1) is 18.6. The third kappa shape index (κ3) is 5.38. The Morgan fingerprint density at radius 3 is 2.65 bits per heavy atom. The monoisotopic (exact) mass is 337 g/mol. The van der Waals surface area contributed by atoms with Crippen molar-refractivity contribution < 1.29 is 18.8 Å². The third-order valence-corrected chi connectivity index (χ3v) is 2.76.